The van der Waals surface area contributed by atoms with Crippen molar-refractivity contribution < 1.29 is 0 Å². The predicted molar refractivity (Wildman–Crippen MR) is 71.3 cm³/mol. The second-order valence-corrected chi connectivity index (χ2v) is 3.51. The largest absolute Gasteiger partial charge is 0.307 e. The summed E-state index contributed by atoms with van der Waals surface area (Å²) in [7, 11) is 0. The molecule has 16 heavy (non-hydrogen) atoms. The SMILES string of the molecule is C=C/C=C(\C=C)C(NCC)c1ccccc1. The molecule has 1 nitrogen and oxygen atoms in total. The lowest BCUT2D eigenvalue weighted by Gasteiger charge is -2.19. The van der Waals surface area contributed by atoms with Crippen LogP contribution in [0, 0.1) is 0 Å². The lowest BCUT2D eigenvalue weighted by Crippen LogP contribution is -2.22. The van der Waals surface area contributed by atoms with Crippen LogP contribution < -0.4 is 5.32 Å². The van der Waals surface area contributed by atoms with Crippen molar-refractivity contribution >= 4 is 0 Å². The second kappa shape index (κ2) is 6.81. The first-order valence-corrected chi connectivity index (χ1v) is 5.56. The Morgan fingerprint density at radius 3 is 2.50 bits per heavy atom. The maximum Gasteiger partial charge on any atom is 0.0576 e. The molecule has 1 aromatic rings. The highest BCUT2D eigenvalue weighted by molar-refractivity contribution is 5.35. The van der Waals surface area contributed by atoms with Crippen molar-refractivity contribution in [1.82, 2.24) is 5.32 Å². The zero-order chi connectivity index (χ0) is 11.8. The average molecular weight is 213 g/mol. The van der Waals surface area contributed by atoms with Gasteiger partial charge in [0.1, 0.15) is 0 Å². The Morgan fingerprint density at radius 1 is 1.31 bits per heavy atom. The molecule has 0 aliphatic carbocycles. The molecule has 0 spiro atoms. The van der Waals surface area contributed by atoms with E-state index in [-0.39, 0.29) is 6.04 Å². The van der Waals surface area contributed by atoms with Gasteiger partial charge in [-0.25, -0.2) is 0 Å². The van der Waals surface area contributed by atoms with Crippen LogP contribution in [0.2, 0.25) is 0 Å². The van der Waals surface area contributed by atoms with Gasteiger partial charge < -0.3 is 5.32 Å². The van der Waals surface area contributed by atoms with E-state index in [4.69, 9.17) is 0 Å². The molecule has 1 atom stereocenters. The van der Waals surface area contributed by atoms with E-state index in [1.54, 1.807) is 6.08 Å². The normalized spacial score (nSPS) is 13.2. The van der Waals surface area contributed by atoms with Crippen molar-refractivity contribution in [3.63, 3.8) is 0 Å². The summed E-state index contributed by atoms with van der Waals surface area (Å²) >= 11 is 0. The average Bonchev–Trinajstić information content (AvgIpc) is 2.35. The number of rotatable bonds is 6. The van der Waals surface area contributed by atoms with E-state index < -0.39 is 0 Å². The van der Waals surface area contributed by atoms with E-state index >= 15 is 0 Å². The summed E-state index contributed by atoms with van der Waals surface area (Å²) in [5.41, 5.74) is 2.39. The van der Waals surface area contributed by atoms with E-state index in [9.17, 15) is 0 Å². The fourth-order valence-electron chi connectivity index (χ4n) is 1.70. The molecule has 1 rings (SSSR count). The van der Waals surface area contributed by atoms with Crippen molar-refractivity contribution in [2.45, 2.75) is 13.0 Å². The summed E-state index contributed by atoms with van der Waals surface area (Å²) in [5, 5.41) is 3.45. The molecule has 0 fully saturated rings. The van der Waals surface area contributed by atoms with Crippen molar-refractivity contribution in [1.29, 1.82) is 0 Å². The molecular formula is C15H19N. The Balaban J connectivity index is 3.03. The topological polar surface area (TPSA) is 12.0 Å². The summed E-state index contributed by atoms with van der Waals surface area (Å²) in [5.74, 6) is 0. The highest BCUT2D eigenvalue weighted by Gasteiger charge is 2.11. The Hall–Kier alpha value is -1.60. The third-order valence-corrected chi connectivity index (χ3v) is 2.42. The smallest absolute Gasteiger partial charge is 0.0576 e. The van der Waals surface area contributed by atoms with Gasteiger partial charge in [-0.2, -0.15) is 0 Å². The molecule has 0 bridgehead atoms. The minimum atomic E-state index is 0.196. The van der Waals surface area contributed by atoms with Gasteiger partial charge in [0.15, 0.2) is 0 Å². The molecule has 1 N–H and O–H groups in total. The van der Waals surface area contributed by atoms with Crippen molar-refractivity contribution in [3.05, 3.63) is 72.9 Å². The van der Waals surface area contributed by atoms with E-state index in [0.717, 1.165) is 12.1 Å². The van der Waals surface area contributed by atoms with Gasteiger partial charge in [-0.15, -0.1) is 0 Å². The molecule has 0 amide bonds. The Bertz CT molecular complexity index is 362. The first-order valence-electron chi connectivity index (χ1n) is 5.56. The number of allylic oxidation sites excluding steroid dienone is 2. The highest BCUT2D eigenvalue weighted by atomic mass is 14.9. The monoisotopic (exact) mass is 213 g/mol. The first-order chi connectivity index (χ1) is 7.83. The summed E-state index contributed by atoms with van der Waals surface area (Å²) in [4.78, 5) is 0. The van der Waals surface area contributed by atoms with Crippen LogP contribution in [0.15, 0.2) is 67.3 Å². The van der Waals surface area contributed by atoms with Gasteiger partial charge in [0.2, 0.25) is 0 Å². The van der Waals surface area contributed by atoms with E-state index in [0.29, 0.717) is 0 Å². The summed E-state index contributed by atoms with van der Waals surface area (Å²) in [6.07, 6.45) is 5.67. The fraction of sp³-hybridized carbons (Fsp3) is 0.200. The van der Waals surface area contributed by atoms with Crippen LogP contribution in [-0.4, -0.2) is 6.54 Å². The third-order valence-electron chi connectivity index (χ3n) is 2.42. The minimum absolute atomic E-state index is 0.196. The first kappa shape index (κ1) is 12.5. The molecule has 0 saturated heterocycles. The maximum atomic E-state index is 3.85. The summed E-state index contributed by atoms with van der Waals surface area (Å²) in [6, 6.07) is 10.6. The predicted octanol–water partition coefficient (Wildman–Crippen LogP) is 3.64. The lowest BCUT2D eigenvalue weighted by molar-refractivity contribution is 0.630. The van der Waals surface area contributed by atoms with Crippen LogP contribution in [0.4, 0.5) is 0 Å². The van der Waals surface area contributed by atoms with E-state index in [1.165, 1.54) is 5.56 Å². The molecule has 0 heterocycles. The van der Waals surface area contributed by atoms with Gasteiger partial charge in [0.05, 0.1) is 6.04 Å². The summed E-state index contributed by atoms with van der Waals surface area (Å²) in [6.45, 7) is 10.6. The number of benzene rings is 1. The molecule has 1 aromatic carbocycles. The van der Waals surface area contributed by atoms with Gasteiger partial charge >= 0.3 is 0 Å². The van der Waals surface area contributed by atoms with Crippen LogP contribution in [-0.2, 0) is 0 Å². The molecule has 1 unspecified atom stereocenters. The molecule has 0 aliphatic heterocycles. The lowest BCUT2D eigenvalue weighted by atomic mass is 9.98. The minimum Gasteiger partial charge on any atom is -0.307 e. The van der Waals surface area contributed by atoms with E-state index in [1.807, 2.05) is 30.4 Å². The highest BCUT2D eigenvalue weighted by Crippen LogP contribution is 2.22. The molecule has 0 aromatic heterocycles. The number of hydrogen-bond acceptors (Lipinski definition) is 1. The van der Waals surface area contributed by atoms with Crippen LogP contribution in [0.5, 0.6) is 0 Å². The van der Waals surface area contributed by atoms with Crippen LogP contribution in [0.3, 0.4) is 0 Å². The number of hydrogen-bond donors (Lipinski definition) is 1. The van der Waals surface area contributed by atoms with Crippen LogP contribution in [0.25, 0.3) is 0 Å². The summed E-state index contributed by atoms with van der Waals surface area (Å²) < 4.78 is 0. The van der Waals surface area contributed by atoms with Gasteiger partial charge in [0.25, 0.3) is 0 Å². The zero-order valence-electron chi connectivity index (χ0n) is 9.82. The van der Waals surface area contributed by atoms with Gasteiger partial charge in [-0.3, -0.25) is 0 Å². The molecule has 84 valence electrons. The van der Waals surface area contributed by atoms with Gasteiger partial charge in [0, 0.05) is 0 Å². The quantitative estimate of drug-likeness (QED) is 0.711. The Morgan fingerprint density at radius 2 is 2.00 bits per heavy atom. The van der Waals surface area contributed by atoms with Gasteiger partial charge in [-0.1, -0.05) is 68.6 Å². The molecule has 0 saturated carbocycles. The Kier molecular flexibility index (Phi) is 5.30. The van der Waals surface area contributed by atoms with Crippen LogP contribution in [0.1, 0.15) is 18.5 Å². The van der Waals surface area contributed by atoms with Crippen molar-refractivity contribution in [3.8, 4) is 0 Å². The standard InChI is InChI=1S/C15H19N/c1-4-10-13(5-2)15(16-6-3)14-11-8-7-9-12-14/h4-5,7-12,15-16H,1-2,6H2,3H3/b13-10+. The van der Waals surface area contributed by atoms with Crippen LogP contribution >= 0.6 is 0 Å². The molecule has 0 radical (unpaired) electrons. The van der Waals surface area contributed by atoms with Crippen molar-refractivity contribution in [2.24, 2.45) is 0 Å². The second-order valence-electron chi connectivity index (χ2n) is 3.51. The Labute approximate surface area is 98.2 Å². The maximum absolute atomic E-state index is 3.85. The molecular weight excluding hydrogens is 194 g/mol. The van der Waals surface area contributed by atoms with Gasteiger partial charge in [-0.05, 0) is 17.7 Å². The zero-order valence-corrected chi connectivity index (χ0v) is 9.82. The molecule has 1 heteroatoms. The van der Waals surface area contributed by atoms with Crippen molar-refractivity contribution in [2.75, 3.05) is 6.54 Å². The van der Waals surface area contributed by atoms with E-state index in [2.05, 4.69) is 37.5 Å². The fourth-order valence-corrected chi connectivity index (χ4v) is 1.70. The number of likely N-dealkylation sites (N-methyl/N-ethyl adjacent to an activating group) is 1. The third kappa shape index (κ3) is 3.21. The number of nitrogens with one attached hydrogen (secondary N) is 1. The molecule has 0 aliphatic rings.